The largest absolute Gasteiger partial charge is 0.460 e. The zero-order valence-electron chi connectivity index (χ0n) is 17.7. The Kier molecular flexibility index (Phi) is 6.63. The zero-order chi connectivity index (χ0) is 23.5. The van der Waals surface area contributed by atoms with E-state index in [4.69, 9.17) is 9.47 Å². The average Bonchev–Trinajstić information content (AvgIpc) is 3.42. The molecule has 0 unspecified atom stereocenters. The van der Waals surface area contributed by atoms with Crippen LogP contribution >= 0.6 is 22.7 Å². The normalized spacial score (nSPS) is 15.8. The van der Waals surface area contributed by atoms with E-state index in [1.165, 1.54) is 46.5 Å². The summed E-state index contributed by atoms with van der Waals surface area (Å²) in [5, 5.41) is 13.0. The number of aromatic nitrogens is 1. The van der Waals surface area contributed by atoms with Gasteiger partial charge in [-0.2, -0.15) is 0 Å². The van der Waals surface area contributed by atoms with Gasteiger partial charge < -0.3 is 9.47 Å². The minimum atomic E-state index is -0.677. The zero-order valence-corrected chi connectivity index (χ0v) is 19.4. The maximum Gasteiger partial charge on any atom is 0.338 e. The van der Waals surface area contributed by atoms with Crippen molar-refractivity contribution in [2.75, 3.05) is 20.3 Å². The first kappa shape index (κ1) is 22.8. The van der Waals surface area contributed by atoms with E-state index in [0.29, 0.717) is 26.2 Å². The molecule has 0 fully saturated rings. The first-order chi connectivity index (χ1) is 15.9. The number of hydrogen-bond donors (Lipinski definition) is 0. The van der Waals surface area contributed by atoms with E-state index in [-0.39, 0.29) is 24.5 Å². The molecule has 2 aromatic heterocycles. The number of carbonyl (C=O) groups is 1. The summed E-state index contributed by atoms with van der Waals surface area (Å²) in [7, 11) is 1.51. The SMILES string of the molecule is COCCOC(=O)C1=C(C)N=c2s/c(=C/c3cccc([N+](=O)[O-])c3)c(=O)n2[C@H]1c1cccs1. The lowest BCUT2D eigenvalue weighted by Gasteiger charge is -2.23. The summed E-state index contributed by atoms with van der Waals surface area (Å²) in [5.74, 6) is -0.556. The molecular weight excluding hydrogens is 466 g/mol. The van der Waals surface area contributed by atoms with Crippen molar-refractivity contribution in [2.24, 2.45) is 4.99 Å². The van der Waals surface area contributed by atoms with Crippen LogP contribution in [-0.4, -0.2) is 35.8 Å². The highest BCUT2D eigenvalue weighted by molar-refractivity contribution is 7.10. The van der Waals surface area contributed by atoms with E-state index in [2.05, 4.69) is 4.99 Å². The fraction of sp³-hybridized carbons (Fsp3) is 0.227. The van der Waals surface area contributed by atoms with Crippen LogP contribution in [0.2, 0.25) is 0 Å². The highest BCUT2D eigenvalue weighted by atomic mass is 32.1. The Hall–Kier alpha value is -3.41. The molecule has 0 spiro atoms. The first-order valence-electron chi connectivity index (χ1n) is 9.87. The maximum atomic E-state index is 13.4. The third-order valence-electron chi connectivity index (χ3n) is 4.95. The van der Waals surface area contributed by atoms with Crippen LogP contribution in [0.25, 0.3) is 6.08 Å². The third-order valence-corrected chi connectivity index (χ3v) is 6.86. The first-order valence-corrected chi connectivity index (χ1v) is 11.6. The van der Waals surface area contributed by atoms with Crippen molar-refractivity contribution in [1.82, 2.24) is 4.57 Å². The maximum absolute atomic E-state index is 13.4. The molecule has 4 rings (SSSR count). The molecule has 3 heterocycles. The lowest BCUT2D eigenvalue weighted by atomic mass is 10.0. The second-order valence-electron chi connectivity index (χ2n) is 7.08. The van der Waals surface area contributed by atoms with Crippen molar-refractivity contribution in [2.45, 2.75) is 13.0 Å². The topological polar surface area (TPSA) is 113 Å². The van der Waals surface area contributed by atoms with Crippen molar-refractivity contribution in [3.8, 4) is 0 Å². The van der Waals surface area contributed by atoms with Crippen molar-refractivity contribution in [3.05, 3.63) is 93.3 Å². The number of methoxy groups -OCH3 is 1. The molecule has 1 aliphatic heterocycles. The van der Waals surface area contributed by atoms with Crippen molar-refractivity contribution >= 4 is 40.4 Å². The van der Waals surface area contributed by atoms with Crippen molar-refractivity contribution in [3.63, 3.8) is 0 Å². The smallest absolute Gasteiger partial charge is 0.338 e. The van der Waals surface area contributed by atoms with Gasteiger partial charge in [-0.1, -0.05) is 29.5 Å². The fourth-order valence-corrected chi connectivity index (χ4v) is 5.34. The molecule has 0 aliphatic carbocycles. The summed E-state index contributed by atoms with van der Waals surface area (Å²) in [6.07, 6.45) is 1.60. The summed E-state index contributed by atoms with van der Waals surface area (Å²) < 4.78 is 12.1. The van der Waals surface area contributed by atoms with Gasteiger partial charge in [-0.25, -0.2) is 9.79 Å². The number of non-ortho nitro benzene ring substituents is 1. The Morgan fingerprint density at radius 2 is 2.12 bits per heavy atom. The van der Waals surface area contributed by atoms with E-state index in [0.717, 1.165) is 4.88 Å². The van der Waals surface area contributed by atoms with E-state index in [1.54, 1.807) is 25.1 Å². The van der Waals surface area contributed by atoms with Crippen LogP contribution in [0.1, 0.15) is 23.4 Å². The van der Waals surface area contributed by atoms with E-state index in [9.17, 15) is 19.7 Å². The summed E-state index contributed by atoms with van der Waals surface area (Å²) in [6, 6.07) is 9.07. The summed E-state index contributed by atoms with van der Waals surface area (Å²) in [5.41, 5.74) is 0.891. The molecule has 0 saturated heterocycles. The lowest BCUT2D eigenvalue weighted by Crippen LogP contribution is -2.39. The van der Waals surface area contributed by atoms with Crippen molar-refractivity contribution in [1.29, 1.82) is 0 Å². The Labute approximate surface area is 195 Å². The van der Waals surface area contributed by atoms with Crippen LogP contribution in [0.5, 0.6) is 0 Å². The molecule has 1 aromatic carbocycles. The molecule has 9 nitrogen and oxygen atoms in total. The summed E-state index contributed by atoms with van der Waals surface area (Å²) in [6.45, 7) is 2.05. The van der Waals surface area contributed by atoms with Gasteiger partial charge in [0.1, 0.15) is 12.6 Å². The van der Waals surface area contributed by atoms with Crippen LogP contribution in [0.15, 0.2) is 62.8 Å². The molecule has 1 aliphatic rings. The Morgan fingerprint density at radius 1 is 1.30 bits per heavy atom. The summed E-state index contributed by atoms with van der Waals surface area (Å²) in [4.78, 5) is 42.7. The minimum Gasteiger partial charge on any atom is -0.460 e. The predicted octanol–water partition coefficient (Wildman–Crippen LogP) is 2.39. The van der Waals surface area contributed by atoms with E-state index < -0.39 is 16.9 Å². The second-order valence-corrected chi connectivity index (χ2v) is 9.07. The number of hydrogen-bond acceptors (Lipinski definition) is 9. The molecule has 11 heteroatoms. The third kappa shape index (κ3) is 4.56. The Balaban J connectivity index is 1.85. The van der Waals surface area contributed by atoms with Gasteiger partial charge in [-0.15, -0.1) is 11.3 Å². The number of carbonyl (C=O) groups excluding carboxylic acids is 1. The lowest BCUT2D eigenvalue weighted by molar-refractivity contribution is -0.384. The molecular formula is C22H19N3O6S2. The van der Waals surface area contributed by atoms with Crippen LogP contribution in [0, 0.1) is 10.1 Å². The van der Waals surface area contributed by atoms with Gasteiger partial charge in [0, 0.05) is 24.1 Å². The van der Waals surface area contributed by atoms with Crippen LogP contribution < -0.4 is 14.9 Å². The number of rotatable bonds is 7. The Morgan fingerprint density at radius 3 is 2.82 bits per heavy atom. The number of nitro groups is 1. The summed E-state index contributed by atoms with van der Waals surface area (Å²) >= 11 is 2.59. The van der Waals surface area contributed by atoms with Gasteiger partial charge in [0.15, 0.2) is 4.80 Å². The number of fused-ring (bicyclic) bond motifs is 1. The van der Waals surface area contributed by atoms with E-state index >= 15 is 0 Å². The molecule has 1 atom stereocenters. The van der Waals surface area contributed by atoms with Crippen molar-refractivity contribution < 1.29 is 19.2 Å². The molecule has 3 aromatic rings. The van der Waals surface area contributed by atoms with Gasteiger partial charge in [-0.05, 0) is 30.0 Å². The Bertz CT molecular complexity index is 1420. The van der Waals surface area contributed by atoms with Crippen LogP contribution in [0.3, 0.4) is 0 Å². The molecule has 170 valence electrons. The van der Waals surface area contributed by atoms with Gasteiger partial charge in [0.05, 0.1) is 27.3 Å². The number of ether oxygens (including phenoxy) is 2. The van der Waals surface area contributed by atoms with Crippen LogP contribution in [-0.2, 0) is 14.3 Å². The van der Waals surface area contributed by atoms with Gasteiger partial charge in [0.25, 0.3) is 11.2 Å². The molecule has 0 N–H and O–H groups in total. The second kappa shape index (κ2) is 9.61. The number of thiophene rings is 1. The molecule has 33 heavy (non-hydrogen) atoms. The predicted molar refractivity (Wildman–Crippen MR) is 124 cm³/mol. The number of thiazole rings is 1. The standard InChI is InChI=1S/C22H19N3O6S2/c1-13-18(21(27)31-9-8-30-2)19(16-7-4-10-32-16)24-20(26)17(33-22(24)23-13)12-14-5-3-6-15(11-14)25(28)29/h3-7,10-12,19H,8-9H2,1-2H3/b17-12+/t19-/m0/s1. The average molecular weight is 486 g/mol. The highest BCUT2D eigenvalue weighted by Crippen LogP contribution is 2.33. The number of allylic oxidation sites excluding steroid dienone is 1. The monoisotopic (exact) mass is 485 g/mol. The number of nitro benzene ring substituents is 1. The number of benzene rings is 1. The highest BCUT2D eigenvalue weighted by Gasteiger charge is 2.34. The molecule has 0 radical (unpaired) electrons. The van der Waals surface area contributed by atoms with Gasteiger partial charge in [0.2, 0.25) is 0 Å². The quantitative estimate of drug-likeness (QED) is 0.220. The van der Waals surface area contributed by atoms with E-state index in [1.807, 2.05) is 17.5 Å². The minimum absolute atomic E-state index is 0.0649. The van der Waals surface area contributed by atoms with Crippen LogP contribution in [0.4, 0.5) is 5.69 Å². The number of nitrogens with zero attached hydrogens (tertiary/aromatic N) is 3. The fourth-order valence-electron chi connectivity index (χ4n) is 3.47. The molecule has 0 amide bonds. The van der Waals surface area contributed by atoms with Gasteiger partial charge in [-0.3, -0.25) is 19.5 Å². The molecule has 0 bridgehead atoms. The molecule has 0 saturated carbocycles. The number of esters is 1. The van der Waals surface area contributed by atoms with Gasteiger partial charge >= 0.3 is 5.97 Å².